The van der Waals surface area contributed by atoms with Crippen molar-refractivity contribution in [2.24, 2.45) is 0 Å². The number of halogens is 1. The van der Waals surface area contributed by atoms with E-state index >= 15 is 0 Å². The molecule has 2 heterocycles. The maximum Gasteiger partial charge on any atom is 0.254 e. The number of piperazine rings is 1. The Morgan fingerprint density at radius 1 is 1.00 bits per heavy atom. The molecule has 192 valence electrons. The first-order valence-corrected chi connectivity index (χ1v) is 14.1. The monoisotopic (exact) mass is 534 g/mol. The summed E-state index contributed by atoms with van der Waals surface area (Å²) in [5, 5.41) is 7.05. The first-order valence-electron chi connectivity index (χ1n) is 12.5. The number of hydrogen-bond acceptors (Lipinski definition) is 5. The van der Waals surface area contributed by atoms with E-state index in [-0.39, 0.29) is 17.9 Å². The minimum atomic E-state index is -0.329. The number of nitrogens with zero attached hydrogens (tertiary/aromatic N) is 2. The quantitative estimate of drug-likeness (QED) is 0.432. The van der Waals surface area contributed by atoms with E-state index < -0.39 is 0 Å². The van der Waals surface area contributed by atoms with Crippen LogP contribution in [0.25, 0.3) is 0 Å². The van der Waals surface area contributed by atoms with Gasteiger partial charge < -0.3 is 20.4 Å². The molecule has 1 saturated heterocycles. The van der Waals surface area contributed by atoms with Crippen LogP contribution < -0.4 is 15.5 Å². The predicted octanol–water partition coefficient (Wildman–Crippen LogP) is 5.59. The van der Waals surface area contributed by atoms with E-state index in [1.165, 1.54) is 22.4 Å². The maximum atomic E-state index is 13.3. The minimum absolute atomic E-state index is 0.00157. The zero-order valence-corrected chi connectivity index (χ0v) is 22.7. The van der Waals surface area contributed by atoms with Crippen molar-refractivity contribution in [1.29, 1.82) is 0 Å². The highest BCUT2D eigenvalue weighted by Gasteiger charge is 2.28. The lowest BCUT2D eigenvalue weighted by Crippen LogP contribution is -2.49. The Morgan fingerprint density at radius 3 is 2.51 bits per heavy atom. The van der Waals surface area contributed by atoms with Crippen LogP contribution in [0, 0.1) is 13.8 Å². The summed E-state index contributed by atoms with van der Waals surface area (Å²) in [4.78, 5) is 30.3. The number of carbonyl (C=O) groups excluding carboxylic acids is 2. The van der Waals surface area contributed by atoms with Gasteiger partial charge in [0.15, 0.2) is 0 Å². The van der Waals surface area contributed by atoms with Gasteiger partial charge >= 0.3 is 0 Å². The second kappa shape index (κ2) is 11.1. The summed E-state index contributed by atoms with van der Waals surface area (Å²) in [6.07, 6.45) is 0. The highest BCUT2D eigenvalue weighted by molar-refractivity contribution is 7.98. The Kier molecular flexibility index (Phi) is 7.63. The predicted molar refractivity (Wildman–Crippen MR) is 154 cm³/mol. The fraction of sp³-hybridized carbons (Fsp3) is 0.310. The van der Waals surface area contributed by atoms with Gasteiger partial charge in [-0.3, -0.25) is 9.59 Å². The molecule has 8 heteroatoms. The summed E-state index contributed by atoms with van der Waals surface area (Å²) >= 11 is 7.65. The lowest BCUT2D eigenvalue weighted by Gasteiger charge is -2.37. The summed E-state index contributed by atoms with van der Waals surface area (Å²) in [5.74, 6) is 1.36. The molecule has 2 amide bonds. The molecule has 2 N–H and O–H groups in total. The Bertz CT molecular complexity index is 1310. The molecule has 0 aromatic heterocycles. The zero-order chi connectivity index (χ0) is 25.9. The molecule has 0 saturated carbocycles. The lowest BCUT2D eigenvalue weighted by atomic mass is 10.1. The average molecular weight is 535 g/mol. The van der Waals surface area contributed by atoms with Crippen molar-refractivity contribution >= 4 is 52.2 Å². The van der Waals surface area contributed by atoms with Crippen molar-refractivity contribution in [3.8, 4) is 0 Å². The van der Waals surface area contributed by atoms with Crippen LogP contribution >= 0.6 is 23.4 Å². The molecule has 0 aliphatic carbocycles. The van der Waals surface area contributed by atoms with Gasteiger partial charge in [0.2, 0.25) is 5.91 Å². The van der Waals surface area contributed by atoms with E-state index in [0.29, 0.717) is 30.1 Å². The van der Waals surface area contributed by atoms with Crippen molar-refractivity contribution in [3.63, 3.8) is 0 Å². The van der Waals surface area contributed by atoms with Crippen LogP contribution in [0.2, 0.25) is 5.02 Å². The van der Waals surface area contributed by atoms with Gasteiger partial charge in [0.1, 0.15) is 6.04 Å². The van der Waals surface area contributed by atoms with E-state index in [9.17, 15) is 9.59 Å². The van der Waals surface area contributed by atoms with Crippen molar-refractivity contribution in [2.45, 2.75) is 25.6 Å². The highest BCUT2D eigenvalue weighted by Crippen LogP contribution is 2.30. The molecular formula is C29H31ClN4O2S. The fourth-order valence-electron chi connectivity index (χ4n) is 4.78. The largest absolute Gasteiger partial charge is 0.371 e. The van der Waals surface area contributed by atoms with Crippen LogP contribution in [-0.4, -0.2) is 54.7 Å². The normalized spacial score (nSPS) is 17.2. The summed E-state index contributed by atoms with van der Waals surface area (Å²) in [5.41, 5.74) is 7.08. The molecule has 0 radical (unpaired) electrons. The molecular weight excluding hydrogens is 504 g/mol. The van der Waals surface area contributed by atoms with Crippen LogP contribution in [0.15, 0.2) is 60.7 Å². The third kappa shape index (κ3) is 5.73. The van der Waals surface area contributed by atoms with Crippen molar-refractivity contribution in [2.75, 3.05) is 47.5 Å². The Morgan fingerprint density at radius 2 is 1.76 bits per heavy atom. The SMILES string of the molecule is Cc1cccc(N2CCN(C(=O)c3ccc4c(c3)NC(=O)[C@@H](CSCc3ccc(Cl)cc3)N4)CC2)c1C. The van der Waals surface area contributed by atoms with Crippen molar-refractivity contribution < 1.29 is 9.59 Å². The van der Waals surface area contributed by atoms with Crippen LogP contribution in [0.5, 0.6) is 0 Å². The fourth-order valence-corrected chi connectivity index (χ4v) is 5.93. The molecule has 3 aromatic carbocycles. The molecule has 0 bridgehead atoms. The number of amides is 2. The zero-order valence-electron chi connectivity index (χ0n) is 21.1. The number of nitrogens with one attached hydrogen (secondary N) is 2. The molecule has 6 nitrogen and oxygen atoms in total. The van der Waals surface area contributed by atoms with E-state index in [1.54, 1.807) is 17.8 Å². The Labute approximate surface area is 227 Å². The van der Waals surface area contributed by atoms with Crippen molar-refractivity contribution in [1.82, 2.24) is 4.90 Å². The lowest BCUT2D eigenvalue weighted by molar-refractivity contribution is -0.116. The Hall–Kier alpha value is -3.16. The van der Waals surface area contributed by atoms with Gasteiger partial charge in [0, 0.05) is 54.0 Å². The van der Waals surface area contributed by atoms with Gasteiger partial charge in [-0.05, 0) is 66.9 Å². The van der Waals surface area contributed by atoms with Crippen molar-refractivity contribution in [3.05, 3.63) is 87.9 Å². The summed E-state index contributed by atoms with van der Waals surface area (Å²) in [6.45, 7) is 7.22. The molecule has 2 aliphatic heterocycles. The number of aryl methyl sites for hydroxylation is 1. The van der Waals surface area contributed by atoms with Crippen LogP contribution in [-0.2, 0) is 10.5 Å². The molecule has 37 heavy (non-hydrogen) atoms. The standard InChI is InChI=1S/C29H31ClN4O2S/c1-19-4-3-5-27(20(19)2)33-12-14-34(15-13-33)29(36)22-8-11-24-25(16-22)32-28(35)26(31-24)18-37-17-21-6-9-23(30)10-7-21/h3-11,16,26,31H,12-15,17-18H2,1-2H3,(H,32,35)/t26-/m1/s1. The molecule has 1 atom stereocenters. The van der Waals surface area contributed by atoms with Gasteiger partial charge in [-0.15, -0.1) is 0 Å². The third-order valence-electron chi connectivity index (χ3n) is 7.12. The van der Waals surface area contributed by atoms with E-state index in [4.69, 9.17) is 11.6 Å². The van der Waals surface area contributed by atoms with E-state index in [0.717, 1.165) is 29.6 Å². The molecule has 0 spiro atoms. The van der Waals surface area contributed by atoms with Gasteiger partial charge in [-0.2, -0.15) is 11.8 Å². The Balaban J connectivity index is 1.17. The number of fused-ring (bicyclic) bond motifs is 1. The second-order valence-corrected chi connectivity index (χ2v) is 11.1. The highest BCUT2D eigenvalue weighted by atomic mass is 35.5. The van der Waals surface area contributed by atoms with Gasteiger partial charge in [-0.1, -0.05) is 35.9 Å². The molecule has 0 unspecified atom stereocenters. The smallest absolute Gasteiger partial charge is 0.254 e. The first kappa shape index (κ1) is 25.5. The number of anilines is 3. The minimum Gasteiger partial charge on any atom is -0.371 e. The molecule has 1 fully saturated rings. The molecule has 5 rings (SSSR count). The second-order valence-electron chi connectivity index (χ2n) is 9.59. The van der Waals surface area contributed by atoms with E-state index in [1.807, 2.05) is 41.3 Å². The van der Waals surface area contributed by atoms with Crippen LogP contribution in [0.3, 0.4) is 0 Å². The van der Waals surface area contributed by atoms with Gasteiger partial charge in [-0.25, -0.2) is 0 Å². The van der Waals surface area contributed by atoms with Gasteiger partial charge in [0.05, 0.1) is 11.4 Å². The summed E-state index contributed by atoms with van der Waals surface area (Å²) < 4.78 is 0. The topological polar surface area (TPSA) is 64.7 Å². The number of benzene rings is 3. The number of thioether (sulfide) groups is 1. The number of rotatable bonds is 6. The third-order valence-corrected chi connectivity index (χ3v) is 8.48. The summed E-state index contributed by atoms with van der Waals surface area (Å²) in [7, 11) is 0. The van der Waals surface area contributed by atoms with E-state index in [2.05, 4.69) is 47.6 Å². The first-order chi connectivity index (χ1) is 17.9. The van der Waals surface area contributed by atoms with Crippen LogP contribution in [0.4, 0.5) is 17.1 Å². The van der Waals surface area contributed by atoms with Gasteiger partial charge in [0.25, 0.3) is 5.91 Å². The average Bonchev–Trinajstić information content (AvgIpc) is 2.91. The maximum absolute atomic E-state index is 13.3. The number of hydrogen-bond donors (Lipinski definition) is 2. The molecule has 3 aromatic rings. The summed E-state index contributed by atoms with van der Waals surface area (Å²) in [6, 6.07) is 19.3. The van der Waals surface area contributed by atoms with Crippen LogP contribution in [0.1, 0.15) is 27.0 Å². The molecule has 2 aliphatic rings. The number of carbonyl (C=O) groups is 2.